The molecule has 170 valence electrons. The Labute approximate surface area is 195 Å². The van der Waals surface area contributed by atoms with Gasteiger partial charge in [-0.1, -0.05) is 53.1 Å². The third-order valence-corrected chi connectivity index (χ3v) is 12.4. The smallest absolute Gasteiger partial charge is 0.335 e. The second-order valence-corrected chi connectivity index (χ2v) is 14.7. The van der Waals surface area contributed by atoms with Crippen molar-refractivity contribution < 1.29 is 14.3 Å². The number of carboxylic acids is 1. The van der Waals surface area contributed by atoms with Crippen LogP contribution in [-0.4, -0.2) is 29.4 Å². The molecule has 1 aromatic heterocycles. The van der Waals surface area contributed by atoms with E-state index in [9.17, 15) is 9.90 Å². The second-order valence-electron chi connectivity index (χ2n) is 8.95. The lowest BCUT2D eigenvalue weighted by molar-refractivity contribution is 0.0697. The molecule has 0 atom stereocenters. The molecule has 2 N–H and O–H groups in total. The maximum Gasteiger partial charge on any atom is 0.335 e. The molecule has 0 saturated heterocycles. The van der Waals surface area contributed by atoms with Crippen molar-refractivity contribution in [3.63, 3.8) is 0 Å². The van der Waals surface area contributed by atoms with E-state index in [0.717, 1.165) is 5.69 Å². The molecule has 3 aromatic rings. The molecule has 0 fully saturated rings. The van der Waals surface area contributed by atoms with E-state index in [1.807, 2.05) is 18.2 Å². The van der Waals surface area contributed by atoms with Crippen LogP contribution < -0.4 is 9.74 Å². The van der Waals surface area contributed by atoms with E-state index < -0.39 is 14.3 Å². The first kappa shape index (κ1) is 24.0. The molecule has 0 aliphatic rings. The third kappa shape index (κ3) is 4.59. The normalized spacial score (nSPS) is 12.1. The molecule has 1 heterocycles. The first-order valence-electron chi connectivity index (χ1n) is 10.8. The highest BCUT2D eigenvalue weighted by Crippen LogP contribution is 2.44. The number of aromatic nitrogens is 2. The van der Waals surface area contributed by atoms with Crippen LogP contribution in [0.15, 0.2) is 42.7 Å². The summed E-state index contributed by atoms with van der Waals surface area (Å²) in [5.41, 5.74) is 2.87. The monoisotopic (exact) mass is 471 g/mol. The van der Waals surface area contributed by atoms with Crippen LogP contribution in [0.2, 0.25) is 21.6 Å². The molecule has 0 unspecified atom stereocenters. The molecule has 0 amide bonds. The van der Waals surface area contributed by atoms with Crippen LogP contribution in [0.3, 0.4) is 0 Å². The van der Waals surface area contributed by atoms with Crippen LogP contribution in [0.4, 0.5) is 11.5 Å². The number of hydrogen-bond donors (Lipinski definition) is 2. The highest BCUT2D eigenvalue weighted by molar-refractivity contribution is 6.78. The van der Waals surface area contributed by atoms with Crippen LogP contribution in [0.25, 0.3) is 10.9 Å². The predicted octanol–water partition coefficient (Wildman–Crippen LogP) is 7.28. The zero-order chi connectivity index (χ0) is 23.6. The molecule has 8 heteroatoms. The molecule has 0 radical (unpaired) electrons. The molecule has 0 aliphatic carbocycles. The summed E-state index contributed by atoms with van der Waals surface area (Å²) in [6, 6.07) is 10.4. The summed E-state index contributed by atoms with van der Waals surface area (Å²) in [5, 5.41) is 13.7. The van der Waals surface area contributed by atoms with Crippen molar-refractivity contribution in [3.05, 3.63) is 53.3 Å². The lowest BCUT2D eigenvalue weighted by atomic mass is 10.1. The van der Waals surface area contributed by atoms with Crippen molar-refractivity contribution in [3.8, 4) is 5.75 Å². The minimum Gasteiger partial charge on any atom is -0.542 e. The maximum atomic E-state index is 11.4. The summed E-state index contributed by atoms with van der Waals surface area (Å²) >= 11 is 6.65. The Bertz CT molecular complexity index is 1110. The fourth-order valence-electron chi connectivity index (χ4n) is 4.63. The Morgan fingerprint density at radius 3 is 2.22 bits per heavy atom. The van der Waals surface area contributed by atoms with Crippen molar-refractivity contribution in [1.29, 1.82) is 0 Å². The zero-order valence-corrected chi connectivity index (χ0v) is 21.1. The number of carboxylic acid groups (broad SMARTS) is 1. The fraction of sp³-hybridized carbons (Fsp3) is 0.375. The van der Waals surface area contributed by atoms with Crippen molar-refractivity contribution in [2.75, 3.05) is 5.32 Å². The number of anilines is 2. The van der Waals surface area contributed by atoms with E-state index in [0.29, 0.717) is 44.1 Å². The number of fused-ring (bicyclic) bond motifs is 1. The van der Waals surface area contributed by atoms with Gasteiger partial charge in [0.2, 0.25) is 0 Å². The van der Waals surface area contributed by atoms with E-state index in [2.05, 4.69) is 56.8 Å². The summed E-state index contributed by atoms with van der Waals surface area (Å²) in [4.78, 5) is 19.9. The molecule has 0 spiro atoms. The Hall–Kier alpha value is -2.64. The van der Waals surface area contributed by atoms with E-state index in [-0.39, 0.29) is 5.56 Å². The minimum atomic E-state index is -2.13. The number of nitrogens with zero attached hydrogens (tertiary/aromatic N) is 2. The van der Waals surface area contributed by atoms with Crippen molar-refractivity contribution in [1.82, 2.24) is 9.97 Å². The topological polar surface area (TPSA) is 84.3 Å². The van der Waals surface area contributed by atoms with Crippen LogP contribution in [0, 0.1) is 0 Å². The number of rotatable bonds is 8. The molecule has 3 rings (SSSR count). The molecular formula is C24H30ClN3O3Si. The molecular weight excluding hydrogens is 442 g/mol. The third-order valence-electron chi connectivity index (χ3n) is 6.07. The summed E-state index contributed by atoms with van der Waals surface area (Å²) in [6.45, 7) is 13.4. The number of halogens is 1. The van der Waals surface area contributed by atoms with Crippen molar-refractivity contribution >= 4 is 48.3 Å². The number of benzene rings is 2. The van der Waals surface area contributed by atoms with E-state index in [4.69, 9.17) is 16.0 Å². The van der Waals surface area contributed by atoms with Gasteiger partial charge in [0.15, 0.2) is 0 Å². The Balaban J connectivity index is 1.94. The largest absolute Gasteiger partial charge is 0.542 e. The van der Waals surface area contributed by atoms with Crippen LogP contribution >= 0.6 is 11.6 Å². The minimum absolute atomic E-state index is 0.175. The summed E-state index contributed by atoms with van der Waals surface area (Å²) in [5.74, 6) is 0.207. The number of carbonyl (C=O) groups is 1. The molecule has 32 heavy (non-hydrogen) atoms. The van der Waals surface area contributed by atoms with Crippen LogP contribution in [-0.2, 0) is 0 Å². The van der Waals surface area contributed by atoms with Gasteiger partial charge in [-0.05, 0) is 53.0 Å². The SMILES string of the molecule is CC(C)[Si](Oc1ccc(Nc2ncnc3ccc(C(=O)O)cc23)cc1Cl)(C(C)C)C(C)C. The first-order chi connectivity index (χ1) is 15.1. The Morgan fingerprint density at radius 1 is 1.00 bits per heavy atom. The lowest BCUT2D eigenvalue weighted by Gasteiger charge is -2.42. The van der Waals surface area contributed by atoms with Gasteiger partial charge >= 0.3 is 5.97 Å². The van der Waals surface area contributed by atoms with Gasteiger partial charge in [-0.15, -0.1) is 0 Å². The average molecular weight is 472 g/mol. The van der Waals surface area contributed by atoms with Gasteiger partial charge in [-0.2, -0.15) is 0 Å². The molecule has 0 saturated carbocycles. The second kappa shape index (κ2) is 9.46. The van der Waals surface area contributed by atoms with Gasteiger partial charge < -0.3 is 14.8 Å². The lowest BCUT2D eigenvalue weighted by Crippen LogP contribution is -2.50. The van der Waals surface area contributed by atoms with Crippen molar-refractivity contribution in [2.24, 2.45) is 0 Å². The van der Waals surface area contributed by atoms with Gasteiger partial charge in [-0.25, -0.2) is 14.8 Å². The van der Waals surface area contributed by atoms with E-state index in [1.54, 1.807) is 12.1 Å². The standard InChI is InChI=1S/C24H30ClN3O3Si/c1-14(2)32(15(3)4,16(5)6)31-22-10-8-18(12-20(22)25)28-23-19-11-17(24(29)30)7-9-21(19)26-13-27-23/h7-16H,1-6H3,(H,29,30)(H,26,27,28). The van der Waals surface area contributed by atoms with E-state index in [1.165, 1.54) is 12.4 Å². The van der Waals surface area contributed by atoms with Crippen LogP contribution in [0.1, 0.15) is 51.9 Å². The molecule has 0 bridgehead atoms. The van der Waals surface area contributed by atoms with Gasteiger partial charge in [0.25, 0.3) is 8.32 Å². The molecule has 2 aromatic carbocycles. The van der Waals surface area contributed by atoms with Gasteiger partial charge in [0.1, 0.15) is 17.9 Å². The van der Waals surface area contributed by atoms with E-state index >= 15 is 0 Å². The average Bonchev–Trinajstić information content (AvgIpc) is 2.72. The van der Waals surface area contributed by atoms with Crippen LogP contribution in [0.5, 0.6) is 5.75 Å². The summed E-state index contributed by atoms with van der Waals surface area (Å²) < 4.78 is 6.72. The maximum absolute atomic E-state index is 11.4. The predicted molar refractivity (Wildman–Crippen MR) is 133 cm³/mol. The highest BCUT2D eigenvalue weighted by Gasteiger charge is 2.47. The highest BCUT2D eigenvalue weighted by atomic mass is 35.5. The number of hydrogen-bond acceptors (Lipinski definition) is 5. The Morgan fingerprint density at radius 2 is 1.66 bits per heavy atom. The number of nitrogens with one attached hydrogen (secondary N) is 1. The van der Waals surface area contributed by atoms with Crippen molar-refractivity contribution in [2.45, 2.75) is 58.2 Å². The quantitative estimate of drug-likeness (QED) is 0.336. The number of aromatic carboxylic acids is 1. The molecule has 0 aliphatic heterocycles. The Kier molecular flexibility index (Phi) is 7.10. The first-order valence-corrected chi connectivity index (χ1v) is 13.3. The summed E-state index contributed by atoms with van der Waals surface area (Å²) in [6.07, 6.45) is 1.44. The molecule has 6 nitrogen and oxygen atoms in total. The van der Waals surface area contributed by atoms with Gasteiger partial charge in [0.05, 0.1) is 16.1 Å². The zero-order valence-electron chi connectivity index (χ0n) is 19.3. The fourth-order valence-corrected chi connectivity index (χ4v) is 10.2. The summed E-state index contributed by atoms with van der Waals surface area (Å²) in [7, 11) is -2.13. The van der Waals surface area contributed by atoms with Gasteiger partial charge in [0, 0.05) is 11.1 Å². The van der Waals surface area contributed by atoms with Gasteiger partial charge in [-0.3, -0.25) is 0 Å².